The lowest BCUT2D eigenvalue weighted by molar-refractivity contribution is 0.127. The predicted octanol–water partition coefficient (Wildman–Crippen LogP) is 4.39. The molecule has 20 heavy (non-hydrogen) atoms. The summed E-state index contributed by atoms with van der Waals surface area (Å²) in [5.74, 6) is 0. The molecule has 1 aromatic rings. The first kappa shape index (κ1) is 15.4. The van der Waals surface area contributed by atoms with Crippen LogP contribution in [-0.2, 0) is 0 Å². The van der Waals surface area contributed by atoms with Gasteiger partial charge in [0, 0.05) is 18.3 Å². The average Bonchev–Trinajstić information content (AvgIpc) is 2.44. The van der Waals surface area contributed by atoms with E-state index < -0.39 is 0 Å². The van der Waals surface area contributed by atoms with Gasteiger partial charge in [-0.25, -0.2) is 0 Å². The van der Waals surface area contributed by atoms with Crippen LogP contribution >= 0.6 is 0 Å². The van der Waals surface area contributed by atoms with Crippen LogP contribution in [0.4, 0.5) is 5.69 Å². The molecule has 0 heterocycles. The van der Waals surface area contributed by atoms with Gasteiger partial charge in [0.1, 0.15) is 0 Å². The number of hydrogen-bond donors (Lipinski definition) is 1. The highest BCUT2D eigenvalue weighted by molar-refractivity contribution is 5.42. The zero-order valence-corrected chi connectivity index (χ0v) is 13.4. The largest absolute Gasteiger partial charge is 0.385 e. The van der Waals surface area contributed by atoms with E-state index in [9.17, 15) is 0 Å². The zero-order chi connectivity index (χ0) is 14.4. The van der Waals surface area contributed by atoms with Gasteiger partial charge in [0.2, 0.25) is 0 Å². The molecule has 1 aliphatic carbocycles. The van der Waals surface area contributed by atoms with Crippen molar-refractivity contribution in [1.82, 2.24) is 4.90 Å². The number of rotatable bonds is 6. The molecular weight excluding hydrogens is 244 g/mol. The number of benzene rings is 1. The van der Waals surface area contributed by atoms with E-state index in [2.05, 4.69) is 61.4 Å². The molecule has 112 valence electrons. The van der Waals surface area contributed by atoms with Gasteiger partial charge in [-0.1, -0.05) is 32.0 Å². The Morgan fingerprint density at radius 2 is 1.80 bits per heavy atom. The normalized spacial score (nSPS) is 19.2. The van der Waals surface area contributed by atoms with Crippen LogP contribution in [0.5, 0.6) is 0 Å². The Morgan fingerprint density at radius 3 is 2.45 bits per heavy atom. The number of nitrogens with zero attached hydrogens (tertiary/aromatic N) is 1. The molecule has 1 saturated carbocycles. The van der Waals surface area contributed by atoms with E-state index >= 15 is 0 Å². The molecule has 0 radical (unpaired) electrons. The second-order valence-electron chi connectivity index (χ2n) is 7.02. The molecule has 0 saturated heterocycles. The summed E-state index contributed by atoms with van der Waals surface area (Å²) in [6, 6.07) is 11.3. The minimum atomic E-state index is 0.576. The Balaban J connectivity index is 1.62. The van der Waals surface area contributed by atoms with Crippen molar-refractivity contribution in [3.8, 4) is 0 Å². The van der Waals surface area contributed by atoms with Crippen LogP contribution in [0, 0.1) is 5.41 Å². The topological polar surface area (TPSA) is 15.3 Å². The molecule has 0 atom stereocenters. The monoisotopic (exact) mass is 274 g/mol. The zero-order valence-electron chi connectivity index (χ0n) is 13.4. The van der Waals surface area contributed by atoms with Gasteiger partial charge in [0.25, 0.3) is 0 Å². The second-order valence-corrected chi connectivity index (χ2v) is 7.02. The fourth-order valence-corrected chi connectivity index (χ4v) is 3.12. The van der Waals surface area contributed by atoms with E-state index in [4.69, 9.17) is 0 Å². The minimum Gasteiger partial charge on any atom is -0.385 e. The lowest BCUT2D eigenvalue weighted by Gasteiger charge is -2.38. The lowest BCUT2D eigenvalue weighted by Crippen LogP contribution is -2.38. The Labute approximate surface area is 124 Å². The fraction of sp³-hybridized carbons (Fsp3) is 0.667. The molecule has 0 unspecified atom stereocenters. The molecule has 0 aromatic heterocycles. The van der Waals surface area contributed by atoms with Crippen LogP contribution in [0.2, 0.25) is 0 Å². The molecule has 0 aliphatic heterocycles. The molecule has 0 amide bonds. The third-order valence-electron chi connectivity index (χ3n) is 4.72. The summed E-state index contributed by atoms with van der Waals surface area (Å²) in [7, 11) is 2.30. The van der Waals surface area contributed by atoms with Crippen LogP contribution in [0.15, 0.2) is 30.3 Å². The van der Waals surface area contributed by atoms with Gasteiger partial charge in [0.05, 0.1) is 0 Å². The SMILES string of the molecule is CN(CCCNc1ccccc1)C1CCC(C)(C)CC1. The van der Waals surface area contributed by atoms with E-state index in [1.807, 2.05) is 0 Å². The Hall–Kier alpha value is -1.02. The van der Waals surface area contributed by atoms with E-state index in [0.717, 1.165) is 12.6 Å². The highest BCUT2D eigenvalue weighted by atomic mass is 15.1. The van der Waals surface area contributed by atoms with Crippen molar-refractivity contribution in [1.29, 1.82) is 0 Å². The molecule has 2 nitrogen and oxygen atoms in total. The Kier molecular flexibility index (Phi) is 5.47. The maximum absolute atomic E-state index is 3.49. The molecule has 1 fully saturated rings. The van der Waals surface area contributed by atoms with E-state index in [1.54, 1.807) is 0 Å². The standard InChI is InChI=1S/C18H30N2/c1-18(2)12-10-17(11-13-18)20(3)15-7-14-19-16-8-5-4-6-9-16/h4-6,8-9,17,19H,7,10-15H2,1-3H3. The summed E-state index contributed by atoms with van der Waals surface area (Å²) in [5.41, 5.74) is 1.81. The molecule has 1 N–H and O–H groups in total. The first-order valence-corrected chi connectivity index (χ1v) is 8.06. The van der Waals surface area contributed by atoms with Gasteiger partial charge in [-0.05, 0) is 63.2 Å². The molecule has 0 spiro atoms. The van der Waals surface area contributed by atoms with Crippen LogP contribution < -0.4 is 5.32 Å². The minimum absolute atomic E-state index is 0.576. The van der Waals surface area contributed by atoms with Gasteiger partial charge in [-0.15, -0.1) is 0 Å². The van der Waals surface area contributed by atoms with Crippen molar-refractivity contribution < 1.29 is 0 Å². The third kappa shape index (κ3) is 4.82. The highest BCUT2D eigenvalue weighted by Crippen LogP contribution is 2.36. The van der Waals surface area contributed by atoms with Crippen LogP contribution in [0.3, 0.4) is 0 Å². The highest BCUT2D eigenvalue weighted by Gasteiger charge is 2.28. The van der Waals surface area contributed by atoms with Crippen molar-refractivity contribution in [2.24, 2.45) is 5.41 Å². The molecule has 0 bridgehead atoms. The quantitative estimate of drug-likeness (QED) is 0.774. The first-order chi connectivity index (χ1) is 9.57. The Bertz CT molecular complexity index is 376. The van der Waals surface area contributed by atoms with Crippen LogP contribution in [0.1, 0.15) is 46.0 Å². The summed E-state index contributed by atoms with van der Waals surface area (Å²) in [4.78, 5) is 2.57. The van der Waals surface area contributed by atoms with E-state index in [-0.39, 0.29) is 0 Å². The summed E-state index contributed by atoms with van der Waals surface area (Å²) in [5, 5.41) is 3.49. The van der Waals surface area contributed by atoms with Crippen LogP contribution in [-0.4, -0.2) is 31.1 Å². The molecule has 2 rings (SSSR count). The maximum atomic E-state index is 3.49. The van der Waals surface area contributed by atoms with Crippen molar-refractivity contribution in [2.45, 2.75) is 52.0 Å². The van der Waals surface area contributed by atoms with Gasteiger partial charge in [-0.3, -0.25) is 0 Å². The number of para-hydroxylation sites is 1. The molecule has 1 aromatic carbocycles. The van der Waals surface area contributed by atoms with E-state index in [1.165, 1.54) is 44.3 Å². The van der Waals surface area contributed by atoms with Gasteiger partial charge in [0.15, 0.2) is 0 Å². The van der Waals surface area contributed by atoms with Gasteiger partial charge in [-0.2, -0.15) is 0 Å². The number of nitrogens with one attached hydrogen (secondary N) is 1. The first-order valence-electron chi connectivity index (χ1n) is 8.06. The molecule has 2 heteroatoms. The molecular formula is C18H30N2. The summed E-state index contributed by atoms with van der Waals surface area (Å²) in [6.45, 7) is 7.08. The van der Waals surface area contributed by atoms with Gasteiger partial charge < -0.3 is 10.2 Å². The summed E-state index contributed by atoms with van der Waals surface area (Å²) < 4.78 is 0. The fourth-order valence-electron chi connectivity index (χ4n) is 3.12. The van der Waals surface area contributed by atoms with Crippen molar-refractivity contribution in [3.63, 3.8) is 0 Å². The van der Waals surface area contributed by atoms with Gasteiger partial charge >= 0.3 is 0 Å². The summed E-state index contributed by atoms with van der Waals surface area (Å²) in [6.07, 6.45) is 6.71. The average molecular weight is 274 g/mol. The Morgan fingerprint density at radius 1 is 1.15 bits per heavy atom. The van der Waals surface area contributed by atoms with Crippen molar-refractivity contribution >= 4 is 5.69 Å². The van der Waals surface area contributed by atoms with Crippen molar-refractivity contribution in [3.05, 3.63) is 30.3 Å². The smallest absolute Gasteiger partial charge is 0.0340 e. The number of anilines is 1. The second kappa shape index (κ2) is 7.12. The lowest BCUT2D eigenvalue weighted by atomic mass is 9.75. The third-order valence-corrected chi connectivity index (χ3v) is 4.72. The summed E-state index contributed by atoms with van der Waals surface area (Å²) >= 11 is 0. The maximum Gasteiger partial charge on any atom is 0.0340 e. The van der Waals surface area contributed by atoms with Crippen LogP contribution in [0.25, 0.3) is 0 Å². The molecule has 1 aliphatic rings. The van der Waals surface area contributed by atoms with E-state index in [0.29, 0.717) is 5.41 Å². The number of hydrogen-bond acceptors (Lipinski definition) is 2. The van der Waals surface area contributed by atoms with Crippen molar-refractivity contribution in [2.75, 3.05) is 25.5 Å². The predicted molar refractivity (Wildman–Crippen MR) is 88.2 cm³/mol.